The summed E-state index contributed by atoms with van der Waals surface area (Å²) >= 11 is 0. The molecule has 0 spiro atoms. The highest BCUT2D eigenvalue weighted by Crippen LogP contribution is 2.26. The Bertz CT molecular complexity index is 741. The molecule has 0 aromatic heterocycles. The van der Waals surface area contributed by atoms with Crippen LogP contribution >= 0.6 is 0 Å². The van der Waals surface area contributed by atoms with E-state index < -0.39 is 5.97 Å². The minimum Gasteiger partial charge on any atom is -0.452 e. The minimum absolute atomic E-state index is 0.0391. The molecule has 6 heteroatoms. The summed E-state index contributed by atoms with van der Waals surface area (Å²) in [5.74, 6) is -0.786. The monoisotopic (exact) mass is 374 g/mol. The SMILES string of the molecule is CC(=O)N[C@H]1CCCN(C(=O)COC(=O)c2c(C)c(C)c(C)c(C)c2C)C1. The fraction of sp³-hybridized carbons (Fsp3) is 0.571. The second kappa shape index (κ2) is 8.55. The average molecular weight is 374 g/mol. The largest absolute Gasteiger partial charge is 0.452 e. The quantitative estimate of drug-likeness (QED) is 0.822. The lowest BCUT2D eigenvalue weighted by atomic mass is 9.90. The fourth-order valence-corrected chi connectivity index (χ4v) is 3.71. The molecule has 1 aromatic carbocycles. The van der Waals surface area contributed by atoms with E-state index in [0.717, 1.165) is 35.1 Å². The number of ether oxygens (including phenoxy) is 1. The van der Waals surface area contributed by atoms with Crippen LogP contribution in [0, 0.1) is 34.6 Å². The van der Waals surface area contributed by atoms with Crippen molar-refractivity contribution in [3.63, 3.8) is 0 Å². The first-order chi connectivity index (χ1) is 12.6. The van der Waals surface area contributed by atoms with Crippen molar-refractivity contribution in [2.45, 2.75) is 60.4 Å². The third kappa shape index (κ3) is 4.67. The van der Waals surface area contributed by atoms with E-state index >= 15 is 0 Å². The second-order valence-electron chi connectivity index (χ2n) is 7.46. The van der Waals surface area contributed by atoms with Crippen molar-refractivity contribution in [3.05, 3.63) is 33.4 Å². The van der Waals surface area contributed by atoms with E-state index in [9.17, 15) is 14.4 Å². The molecule has 1 fully saturated rings. The summed E-state index contributed by atoms with van der Waals surface area (Å²) in [7, 11) is 0. The highest BCUT2D eigenvalue weighted by molar-refractivity contribution is 5.95. The first-order valence-corrected chi connectivity index (χ1v) is 9.42. The lowest BCUT2D eigenvalue weighted by Gasteiger charge is -2.32. The number of carbonyl (C=O) groups excluding carboxylic acids is 3. The maximum absolute atomic E-state index is 12.6. The molecule has 1 aromatic rings. The number of hydrogen-bond acceptors (Lipinski definition) is 4. The Balaban J connectivity index is 2.04. The zero-order valence-corrected chi connectivity index (χ0v) is 17.2. The molecular formula is C21H30N2O4. The van der Waals surface area contributed by atoms with Crippen molar-refractivity contribution in [3.8, 4) is 0 Å². The molecule has 0 bridgehead atoms. The first-order valence-electron chi connectivity index (χ1n) is 9.42. The predicted molar refractivity (Wildman–Crippen MR) is 104 cm³/mol. The lowest BCUT2D eigenvalue weighted by Crippen LogP contribution is -2.50. The van der Waals surface area contributed by atoms with Crippen LogP contribution in [0.2, 0.25) is 0 Å². The van der Waals surface area contributed by atoms with Gasteiger partial charge in [-0.15, -0.1) is 0 Å². The number of amides is 2. The summed E-state index contributed by atoms with van der Waals surface area (Å²) in [5, 5.41) is 2.85. The van der Waals surface area contributed by atoms with Crippen LogP contribution in [0.15, 0.2) is 0 Å². The number of nitrogens with one attached hydrogen (secondary N) is 1. The van der Waals surface area contributed by atoms with Gasteiger partial charge in [0.2, 0.25) is 5.91 Å². The molecule has 1 heterocycles. The van der Waals surface area contributed by atoms with Gasteiger partial charge in [-0.2, -0.15) is 0 Å². The van der Waals surface area contributed by atoms with E-state index in [1.807, 2.05) is 34.6 Å². The molecule has 1 saturated heterocycles. The minimum atomic E-state index is -0.458. The topological polar surface area (TPSA) is 75.7 Å². The maximum atomic E-state index is 12.6. The zero-order valence-electron chi connectivity index (χ0n) is 17.2. The molecule has 0 radical (unpaired) electrons. The lowest BCUT2D eigenvalue weighted by molar-refractivity contribution is -0.136. The van der Waals surface area contributed by atoms with Gasteiger partial charge in [0.1, 0.15) is 0 Å². The van der Waals surface area contributed by atoms with Gasteiger partial charge in [0.05, 0.1) is 5.56 Å². The summed E-state index contributed by atoms with van der Waals surface area (Å²) in [4.78, 5) is 38.0. The molecule has 148 valence electrons. The number of carbonyl (C=O) groups is 3. The van der Waals surface area contributed by atoms with Crippen molar-refractivity contribution in [1.29, 1.82) is 0 Å². The Morgan fingerprint density at radius 3 is 2.11 bits per heavy atom. The summed E-state index contributed by atoms with van der Waals surface area (Å²) in [6, 6.07) is -0.0391. The van der Waals surface area contributed by atoms with Gasteiger partial charge >= 0.3 is 5.97 Å². The van der Waals surface area contributed by atoms with Crippen molar-refractivity contribution < 1.29 is 19.1 Å². The van der Waals surface area contributed by atoms with E-state index in [-0.39, 0.29) is 24.5 Å². The van der Waals surface area contributed by atoms with Crippen molar-refractivity contribution in [1.82, 2.24) is 10.2 Å². The van der Waals surface area contributed by atoms with Gasteiger partial charge in [0.25, 0.3) is 5.91 Å². The standard InChI is InChI=1S/C21H30N2O4/c1-12-13(2)15(4)20(16(5)14(12)3)21(26)27-11-19(25)23-9-7-8-18(10-23)22-17(6)24/h18H,7-11H2,1-6H3,(H,22,24)/t18-/m0/s1. The maximum Gasteiger partial charge on any atom is 0.339 e. The van der Waals surface area contributed by atoms with E-state index in [2.05, 4.69) is 5.32 Å². The van der Waals surface area contributed by atoms with Crippen LogP contribution in [-0.4, -0.2) is 48.4 Å². The molecule has 27 heavy (non-hydrogen) atoms. The van der Waals surface area contributed by atoms with Crippen LogP contribution in [-0.2, 0) is 14.3 Å². The first kappa shape index (κ1) is 20.9. The Morgan fingerprint density at radius 1 is 1.00 bits per heavy atom. The van der Waals surface area contributed by atoms with Gasteiger partial charge in [-0.1, -0.05) is 0 Å². The molecule has 2 amide bonds. The Morgan fingerprint density at radius 2 is 1.56 bits per heavy atom. The third-order valence-electron chi connectivity index (χ3n) is 5.71. The molecular weight excluding hydrogens is 344 g/mol. The Hall–Kier alpha value is -2.37. The van der Waals surface area contributed by atoms with Gasteiger partial charge < -0.3 is 15.0 Å². The van der Waals surface area contributed by atoms with Crippen molar-refractivity contribution >= 4 is 17.8 Å². The summed E-state index contributed by atoms with van der Waals surface area (Å²) in [5.41, 5.74) is 5.68. The van der Waals surface area contributed by atoms with Gasteiger partial charge in [0, 0.05) is 26.1 Å². The summed E-state index contributed by atoms with van der Waals surface area (Å²) in [6.45, 7) is 12.1. The normalized spacial score (nSPS) is 16.8. The summed E-state index contributed by atoms with van der Waals surface area (Å²) in [6.07, 6.45) is 1.67. The van der Waals surface area contributed by atoms with Gasteiger partial charge in [-0.05, 0) is 75.3 Å². The average Bonchev–Trinajstić information content (AvgIpc) is 2.62. The molecule has 0 saturated carbocycles. The summed E-state index contributed by atoms with van der Waals surface area (Å²) < 4.78 is 5.35. The number of likely N-dealkylation sites (tertiary alicyclic amines) is 1. The fourth-order valence-electron chi connectivity index (χ4n) is 3.71. The molecule has 0 unspecified atom stereocenters. The number of rotatable bonds is 4. The molecule has 2 rings (SSSR count). The van der Waals surface area contributed by atoms with Gasteiger partial charge in [-0.3, -0.25) is 9.59 Å². The number of hydrogen-bond donors (Lipinski definition) is 1. The van der Waals surface area contributed by atoms with E-state index in [1.165, 1.54) is 12.5 Å². The van der Waals surface area contributed by atoms with Gasteiger partial charge in [0.15, 0.2) is 6.61 Å². The number of nitrogens with zero attached hydrogens (tertiary/aromatic N) is 1. The van der Waals surface area contributed by atoms with Crippen LogP contribution in [0.4, 0.5) is 0 Å². The van der Waals surface area contributed by atoms with Crippen LogP contribution in [0.1, 0.15) is 57.9 Å². The molecule has 1 aliphatic rings. The highest BCUT2D eigenvalue weighted by atomic mass is 16.5. The number of esters is 1. The van der Waals surface area contributed by atoms with E-state index in [1.54, 1.807) is 4.90 Å². The van der Waals surface area contributed by atoms with Crippen molar-refractivity contribution in [2.24, 2.45) is 0 Å². The molecule has 1 atom stereocenters. The van der Waals surface area contributed by atoms with Crippen LogP contribution in [0.5, 0.6) is 0 Å². The Kier molecular flexibility index (Phi) is 6.63. The van der Waals surface area contributed by atoms with Crippen LogP contribution in [0.25, 0.3) is 0 Å². The second-order valence-corrected chi connectivity index (χ2v) is 7.46. The Labute approximate surface area is 161 Å². The molecule has 1 N–H and O–H groups in total. The predicted octanol–water partition coefficient (Wildman–Crippen LogP) is 2.51. The van der Waals surface area contributed by atoms with Crippen molar-refractivity contribution in [2.75, 3.05) is 19.7 Å². The molecule has 6 nitrogen and oxygen atoms in total. The van der Waals surface area contributed by atoms with Crippen LogP contribution in [0.3, 0.4) is 0 Å². The van der Waals surface area contributed by atoms with E-state index in [0.29, 0.717) is 18.7 Å². The number of piperidine rings is 1. The number of benzene rings is 1. The van der Waals surface area contributed by atoms with Crippen LogP contribution < -0.4 is 5.32 Å². The smallest absolute Gasteiger partial charge is 0.339 e. The molecule has 0 aliphatic carbocycles. The zero-order chi connectivity index (χ0) is 20.3. The van der Waals surface area contributed by atoms with E-state index in [4.69, 9.17) is 4.74 Å². The molecule has 1 aliphatic heterocycles. The highest BCUT2D eigenvalue weighted by Gasteiger charge is 2.26. The van der Waals surface area contributed by atoms with Gasteiger partial charge in [-0.25, -0.2) is 4.79 Å². The third-order valence-corrected chi connectivity index (χ3v) is 5.71.